The molecule has 5 rings (SSSR count). The normalized spacial score (nSPS) is 15.0. The van der Waals surface area contributed by atoms with Crippen LogP contribution in [0.25, 0.3) is 11.0 Å². The quantitative estimate of drug-likeness (QED) is 0.183. The number of amides is 2. The molecule has 43 heavy (non-hydrogen) atoms. The Hall–Kier alpha value is -3.89. The van der Waals surface area contributed by atoms with Gasteiger partial charge in [0.25, 0.3) is 5.91 Å². The highest BCUT2D eigenvalue weighted by Gasteiger charge is 2.30. The summed E-state index contributed by atoms with van der Waals surface area (Å²) in [4.78, 5) is 38.6. The van der Waals surface area contributed by atoms with Gasteiger partial charge in [-0.1, -0.05) is 53.5 Å². The maximum absolute atomic E-state index is 13.3. The van der Waals surface area contributed by atoms with Crippen LogP contribution in [0.5, 0.6) is 0 Å². The number of hydrogen-bond acceptors (Lipinski definition) is 6. The number of aliphatic hydroxyl groups is 1. The van der Waals surface area contributed by atoms with Crippen molar-refractivity contribution in [3.8, 4) is 0 Å². The highest BCUT2D eigenvalue weighted by Crippen LogP contribution is 2.38. The van der Waals surface area contributed by atoms with Gasteiger partial charge in [-0.3, -0.25) is 19.7 Å². The predicted molar refractivity (Wildman–Crippen MR) is 163 cm³/mol. The van der Waals surface area contributed by atoms with E-state index in [-0.39, 0.29) is 46.4 Å². The first kappa shape index (κ1) is 30.6. The van der Waals surface area contributed by atoms with E-state index < -0.39 is 18.2 Å². The molecule has 0 radical (unpaired) electrons. The summed E-state index contributed by atoms with van der Waals surface area (Å²) in [5, 5.41) is 27.9. The van der Waals surface area contributed by atoms with E-state index in [2.05, 4.69) is 10.6 Å². The van der Waals surface area contributed by atoms with Crippen LogP contribution in [-0.2, 0) is 29.0 Å². The maximum atomic E-state index is 13.3. The van der Waals surface area contributed by atoms with Crippen molar-refractivity contribution in [1.29, 1.82) is 0 Å². The second-order valence-electron chi connectivity index (χ2n) is 10.7. The van der Waals surface area contributed by atoms with Crippen molar-refractivity contribution in [2.45, 2.75) is 51.5 Å². The molecule has 0 bridgehead atoms. The number of carbonyl (C=O) groups excluding carboxylic acids is 2. The second kappa shape index (κ2) is 12.8. The van der Waals surface area contributed by atoms with Crippen molar-refractivity contribution in [2.75, 3.05) is 6.54 Å². The lowest BCUT2D eigenvalue weighted by Gasteiger charge is -2.31. The SMILES string of the molecule is CC(=O)NC(C)c1cccc(C[C@H](NC(O)c2c(Cl)cc3c(c2Cl)CCN(C(=O)c2ccc4ccoc4c2)C3)C(=O)O)c1. The first-order valence-electron chi connectivity index (χ1n) is 13.8. The van der Waals surface area contributed by atoms with Gasteiger partial charge in [0.2, 0.25) is 5.91 Å². The molecule has 4 N–H and O–H groups in total. The van der Waals surface area contributed by atoms with Crippen LogP contribution in [-0.4, -0.2) is 45.5 Å². The third-order valence-electron chi connectivity index (χ3n) is 7.67. The minimum atomic E-state index is -1.47. The van der Waals surface area contributed by atoms with Gasteiger partial charge in [-0.2, -0.15) is 0 Å². The number of rotatable bonds is 9. The first-order chi connectivity index (χ1) is 20.5. The Morgan fingerprint density at radius 1 is 1.09 bits per heavy atom. The van der Waals surface area contributed by atoms with Gasteiger partial charge in [0.15, 0.2) is 0 Å². The smallest absolute Gasteiger partial charge is 0.321 e. The standard InChI is InChI=1S/C32H31Cl2N3O6/c1-17(35-18(2)38)21-5-3-4-19(12-21)13-26(32(41)42)36-30(39)28-25(33)14-23-16-37(10-8-24(23)29(28)34)31(40)22-7-6-20-9-11-43-27(20)15-22/h3-7,9,11-12,14-15,17,26,30,36,39H,8,10,13,16H2,1-2H3,(H,35,38)(H,41,42)/t17?,26-,30?/m0/s1. The van der Waals surface area contributed by atoms with Crippen LogP contribution < -0.4 is 10.6 Å². The van der Waals surface area contributed by atoms with Gasteiger partial charge in [0, 0.05) is 41.5 Å². The summed E-state index contributed by atoms with van der Waals surface area (Å²) >= 11 is 13.4. The summed E-state index contributed by atoms with van der Waals surface area (Å²) in [7, 11) is 0. The maximum Gasteiger partial charge on any atom is 0.321 e. The van der Waals surface area contributed by atoms with Gasteiger partial charge in [0.05, 0.1) is 17.3 Å². The molecule has 3 atom stereocenters. The molecule has 2 amide bonds. The molecule has 3 aromatic carbocycles. The Bertz CT molecular complexity index is 1700. The third-order valence-corrected chi connectivity index (χ3v) is 8.42. The van der Waals surface area contributed by atoms with Crippen LogP contribution >= 0.6 is 23.2 Å². The van der Waals surface area contributed by atoms with E-state index in [0.717, 1.165) is 22.1 Å². The van der Waals surface area contributed by atoms with E-state index in [9.17, 15) is 24.6 Å². The van der Waals surface area contributed by atoms with Gasteiger partial charge in [-0.05, 0) is 66.3 Å². The first-order valence-corrected chi connectivity index (χ1v) is 14.6. The number of carboxylic acid groups (broad SMARTS) is 1. The zero-order chi connectivity index (χ0) is 30.8. The Morgan fingerprint density at radius 2 is 1.88 bits per heavy atom. The molecule has 0 spiro atoms. The number of fused-ring (bicyclic) bond motifs is 2. The molecule has 0 saturated heterocycles. The van der Waals surface area contributed by atoms with E-state index in [1.165, 1.54) is 6.92 Å². The van der Waals surface area contributed by atoms with Gasteiger partial charge in [-0.15, -0.1) is 0 Å². The minimum absolute atomic E-state index is 0.0636. The average Bonchev–Trinajstić information content (AvgIpc) is 3.44. The molecule has 11 heteroatoms. The van der Waals surface area contributed by atoms with Gasteiger partial charge >= 0.3 is 5.97 Å². The van der Waals surface area contributed by atoms with Crippen molar-refractivity contribution in [3.63, 3.8) is 0 Å². The Balaban J connectivity index is 1.31. The average molecular weight is 625 g/mol. The summed E-state index contributed by atoms with van der Waals surface area (Å²) in [6, 6.07) is 14.7. The number of nitrogens with one attached hydrogen (secondary N) is 2. The molecule has 0 saturated carbocycles. The number of carboxylic acids is 1. The van der Waals surface area contributed by atoms with E-state index in [1.54, 1.807) is 41.5 Å². The number of furan rings is 1. The molecule has 224 valence electrons. The highest BCUT2D eigenvalue weighted by molar-refractivity contribution is 6.36. The summed E-state index contributed by atoms with van der Waals surface area (Å²) in [6.45, 7) is 3.95. The van der Waals surface area contributed by atoms with E-state index in [4.69, 9.17) is 27.6 Å². The molecule has 2 unspecified atom stereocenters. The topological polar surface area (TPSA) is 132 Å². The molecule has 4 aromatic rings. The lowest BCUT2D eigenvalue weighted by Crippen LogP contribution is -2.41. The van der Waals surface area contributed by atoms with Crippen molar-refractivity contribution in [2.24, 2.45) is 0 Å². The molecule has 1 aliphatic rings. The van der Waals surface area contributed by atoms with Gasteiger partial charge in [-0.25, -0.2) is 0 Å². The molecular weight excluding hydrogens is 593 g/mol. The molecule has 1 aromatic heterocycles. The second-order valence-corrected chi connectivity index (χ2v) is 11.5. The summed E-state index contributed by atoms with van der Waals surface area (Å²) in [5.74, 6) is -1.48. The number of carbonyl (C=O) groups is 3. The molecule has 9 nitrogen and oxygen atoms in total. The fourth-order valence-electron chi connectivity index (χ4n) is 5.47. The Kier molecular flexibility index (Phi) is 9.08. The van der Waals surface area contributed by atoms with Crippen LogP contribution in [0.1, 0.15) is 64.3 Å². The molecular formula is C32H31Cl2N3O6. The van der Waals surface area contributed by atoms with Crippen molar-refractivity contribution in [3.05, 3.63) is 104 Å². The number of halogens is 2. The van der Waals surface area contributed by atoms with E-state index in [0.29, 0.717) is 29.7 Å². The van der Waals surface area contributed by atoms with E-state index >= 15 is 0 Å². The Morgan fingerprint density at radius 3 is 2.63 bits per heavy atom. The van der Waals surface area contributed by atoms with Crippen LogP contribution in [0.3, 0.4) is 0 Å². The number of aliphatic hydroxyl groups excluding tert-OH is 1. The summed E-state index contributed by atoms with van der Waals surface area (Å²) < 4.78 is 5.44. The van der Waals surface area contributed by atoms with Gasteiger partial charge < -0.3 is 24.8 Å². The number of nitrogens with zero attached hydrogens (tertiary/aromatic N) is 1. The van der Waals surface area contributed by atoms with Crippen LogP contribution in [0.15, 0.2) is 65.3 Å². The number of benzene rings is 3. The van der Waals surface area contributed by atoms with E-state index in [1.807, 2.05) is 31.2 Å². The van der Waals surface area contributed by atoms with Gasteiger partial charge in [0.1, 0.15) is 17.9 Å². The number of hydrogen-bond donors (Lipinski definition) is 4. The predicted octanol–water partition coefficient (Wildman–Crippen LogP) is 5.41. The number of aliphatic carboxylic acids is 1. The highest BCUT2D eigenvalue weighted by atomic mass is 35.5. The summed E-state index contributed by atoms with van der Waals surface area (Å²) in [6.07, 6.45) is 0.608. The zero-order valence-corrected chi connectivity index (χ0v) is 25.1. The van der Waals surface area contributed by atoms with Crippen LogP contribution in [0, 0.1) is 0 Å². The minimum Gasteiger partial charge on any atom is -0.480 e. The molecule has 1 aliphatic heterocycles. The molecule has 0 aliphatic carbocycles. The lowest BCUT2D eigenvalue weighted by atomic mass is 9.95. The largest absolute Gasteiger partial charge is 0.480 e. The monoisotopic (exact) mass is 623 g/mol. The van der Waals surface area contributed by atoms with Crippen LogP contribution in [0.2, 0.25) is 10.0 Å². The van der Waals surface area contributed by atoms with Crippen molar-refractivity contribution < 1.29 is 29.0 Å². The fraction of sp³-hybridized carbons (Fsp3) is 0.281. The lowest BCUT2D eigenvalue weighted by molar-refractivity contribution is -0.140. The summed E-state index contributed by atoms with van der Waals surface area (Å²) in [5.41, 5.74) is 4.36. The van der Waals surface area contributed by atoms with Crippen molar-refractivity contribution in [1.82, 2.24) is 15.5 Å². The molecule has 0 fully saturated rings. The Labute approximate surface area is 258 Å². The third kappa shape index (κ3) is 6.70. The zero-order valence-electron chi connectivity index (χ0n) is 23.6. The van der Waals surface area contributed by atoms with Crippen molar-refractivity contribution >= 4 is 52.0 Å². The van der Waals surface area contributed by atoms with Crippen LogP contribution in [0.4, 0.5) is 0 Å². The molecule has 2 heterocycles. The fourth-order valence-corrected chi connectivity index (χ4v) is 6.27.